The van der Waals surface area contributed by atoms with Crippen molar-refractivity contribution in [3.8, 4) is 0 Å². The van der Waals surface area contributed by atoms with Gasteiger partial charge in [0.25, 0.3) is 0 Å². The first-order valence-electron chi connectivity index (χ1n) is 10.2. The zero-order valence-electron chi connectivity index (χ0n) is 18.1. The average molecular weight is 480 g/mol. The van der Waals surface area contributed by atoms with Crippen molar-refractivity contribution in [3.05, 3.63) is 39.9 Å². The third-order valence-electron chi connectivity index (χ3n) is 4.84. The number of hydrogen-bond acceptors (Lipinski definition) is 7. The molecule has 0 bridgehead atoms. The lowest BCUT2D eigenvalue weighted by atomic mass is 9.82. The van der Waals surface area contributed by atoms with Gasteiger partial charge in [-0.3, -0.25) is 9.59 Å². The molecule has 1 fully saturated rings. The van der Waals surface area contributed by atoms with Crippen LogP contribution in [0.3, 0.4) is 0 Å². The highest BCUT2D eigenvalue weighted by Gasteiger charge is 2.36. The lowest BCUT2D eigenvalue weighted by Crippen LogP contribution is -2.56. The number of ether oxygens (including phenoxy) is 1. The molecule has 2 aromatic heterocycles. The van der Waals surface area contributed by atoms with Gasteiger partial charge in [0.1, 0.15) is 11.4 Å². The summed E-state index contributed by atoms with van der Waals surface area (Å²) in [5.74, 6) is -1.30. The van der Waals surface area contributed by atoms with E-state index in [2.05, 4.69) is 25.9 Å². The smallest absolute Gasteiger partial charge is 0.407 e. The second kappa shape index (κ2) is 10.3. The number of carbonyl (C=O) groups is 3. The first-order valence-corrected chi connectivity index (χ1v) is 11.5. The summed E-state index contributed by atoms with van der Waals surface area (Å²) in [7, 11) is 0. The van der Waals surface area contributed by atoms with Crippen molar-refractivity contribution in [2.24, 2.45) is 0 Å². The first-order chi connectivity index (χ1) is 15.1. The van der Waals surface area contributed by atoms with Crippen molar-refractivity contribution >= 4 is 46.7 Å². The van der Waals surface area contributed by atoms with Crippen molar-refractivity contribution in [1.29, 1.82) is 0 Å². The van der Waals surface area contributed by atoms with Gasteiger partial charge in [-0.05, 0) is 52.2 Å². The number of anilines is 1. The monoisotopic (exact) mass is 479 g/mol. The highest BCUT2D eigenvalue weighted by atomic mass is 35.5. The summed E-state index contributed by atoms with van der Waals surface area (Å²) in [6.45, 7) is 5.33. The van der Waals surface area contributed by atoms with Crippen LogP contribution in [0.4, 0.5) is 10.6 Å². The fourth-order valence-electron chi connectivity index (χ4n) is 3.48. The summed E-state index contributed by atoms with van der Waals surface area (Å²) in [5.41, 5.74) is -0.655. The van der Waals surface area contributed by atoms with Crippen LogP contribution in [0.2, 0.25) is 5.02 Å². The predicted molar refractivity (Wildman–Crippen MR) is 122 cm³/mol. The predicted octanol–water partition coefficient (Wildman–Crippen LogP) is 3.48. The molecular formula is C21H26ClN5O4S. The molecule has 2 heterocycles. The molecule has 32 heavy (non-hydrogen) atoms. The van der Waals surface area contributed by atoms with E-state index in [-0.39, 0.29) is 11.7 Å². The molecule has 1 aliphatic rings. The van der Waals surface area contributed by atoms with Gasteiger partial charge in [-0.2, -0.15) is 0 Å². The molecule has 0 radical (unpaired) electrons. The Kier molecular flexibility index (Phi) is 7.68. The Labute approximate surface area is 195 Å². The second-order valence-electron chi connectivity index (χ2n) is 8.53. The van der Waals surface area contributed by atoms with Crippen LogP contribution >= 0.6 is 22.9 Å². The molecule has 9 nitrogen and oxygen atoms in total. The van der Waals surface area contributed by atoms with Crippen molar-refractivity contribution in [3.63, 3.8) is 0 Å². The van der Waals surface area contributed by atoms with E-state index in [1.54, 1.807) is 44.4 Å². The number of rotatable bonds is 4. The standard InChI is InChI=1S/C21H26ClN5O4S/c1-21(2,3)31-20(30)26-15-10-12(19-23-8-9-32-19)4-6-14(15)25-17(28)18(29)27-16-7-5-13(22)11-24-16/h5,7-9,11-12,14-15H,4,6,10H2,1-3H3,(H,25,28)(H,26,30)(H,24,27,29)/t12-,14+,15-/m1/s1. The third-order valence-corrected chi connectivity index (χ3v) is 6.01. The highest BCUT2D eigenvalue weighted by Crippen LogP contribution is 2.34. The van der Waals surface area contributed by atoms with Gasteiger partial charge < -0.3 is 20.7 Å². The molecule has 1 saturated carbocycles. The number of carbonyl (C=O) groups excluding carboxylic acids is 3. The summed E-state index contributed by atoms with van der Waals surface area (Å²) in [5, 5.41) is 11.3. The zero-order chi connectivity index (χ0) is 23.3. The molecule has 11 heteroatoms. The van der Waals surface area contributed by atoms with E-state index in [4.69, 9.17) is 16.3 Å². The number of halogens is 1. The van der Waals surface area contributed by atoms with Gasteiger partial charge in [0.15, 0.2) is 0 Å². The molecule has 172 valence electrons. The number of alkyl carbamates (subject to hydrolysis) is 1. The SMILES string of the molecule is CC(C)(C)OC(=O)N[C@@H]1C[C@H](c2nccs2)CC[C@@H]1NC(=O)C(=O)Nc1ccc(Cl)cn1. The van der Waals surface area contributed by atoms with Crippen molar-refractivity contribution in [2.45, 2.75) is 63.6 Å². The molecule has 3 N–H and O–H groups in total. The number of thiazole rings is 1. The maximum absolute atomic E-state index is 12.5. The van der Waals surface area contributed by atoms with E-state index in [1.807, 2.05) is 5.38 Å². The summed E-state index contributed by atoms with van der Waals surface area (Å²) in [6, 6.07) is 2.20. The lowest BCUT2D eigenvalue weighted by Gasteiger charge is -2.36. The molecule has 2 aromatic rings. The molecule has 3 rings (SSSR count). The Morgan fingerprint density at radius 3 is 2.50 bits per heavy atom. The molecule has 3 amide bonds. The Morgan fingerprint density at radius 1 is 1.09 bits per heavy atom. The van der Waals surface area contributed by atoms with Gasteiger partial charge in [-0.25, -0.2) is 14.8 Å². The van der Waals surface area contributed by atoms with Crippen LogP contribution in [0.25, 0.3) is 0 Å². The first kappa shape index (κ1) is 23.9. The van der Waals surface area contributed by atoms with Crippen molar-refractivity contribution in [1.82, 2.24) is 20.6 Å². The van der Waals surface area contributed by atoms with Crippen LogP contribution < -0.4 is 16.0 Å². The van der Waals surface area contributed by atoms with E-state index in [1.165, 1.54) is 12.3 Å². The molecule has 0 aromatic carbocycles. The van der Waals surface area contributed by atoms with Crippen LogP contribution in [-0.2, 0) is 14.3 Å². The van der Waals surface area contributed by atoms with Gasteiger partial charge in [0.2, 0.25) is 0 Å². The van der Waals surface area contributed by atoms with Crippen molar-refractivity contribution < 1.29 is 19.1 Å². The molecule has 0 aliphatic heterocycles. The Bertz CT molecular complexity index is 946. The Balaban J connectivity index is 1.66. The van der Waals surface area contributed by atoms with Gasteiger partial charge >= 0.3 is 17.9 Å². The topological polar surface area (TPSA) is 122 Å². The van der Waals surface area contributed by atoms with E-state index >= 15 is 0 Å². The minimum Gasteiger partial charge on any atom is -0.444 e. The average Bonchev–Trinajstić information content (AvgIpc) is 3.24. The third kappa shape index (κ3) is 6.89. The van der Waals surface area contributed by atoms with E-state index in [0.717, 1.165) is 11.4 Å². The van der Waals surface area contributed by atoms with Gasteiger partial charge in [0.05, 0.1) is 16.1 Å². The lowest BCUT2D eigenvalue weighted by molar-refractivity contribution is -0.136. The fourth-order valence-corrected chi connectivity index (χ4v) is 4.38. The Hall–Kier alpha value is -2.72. The Morgan fingerprint density at radius 2 is 1.88 bits per heavy atom. The molecule has 0 spiro atoms. The molecule has 1 aliphatic carbocycles. The van der Waals surface area contributed by atoms with Crippen LogP contribution in [0.1, 0.15) is 51.0 Å². The molecule has 3 atom stereocenters. The zero-order valence-corrected chi connectivity index (χ0v) is 19.6. The van der Waals surface area contributed by atoms with E-state index in [9.17, 15) is 14.4 Å². The largest absolute Gasteiger partial charge is 0.444 e. The van der Waals surface area contributed by atoms with Crippen LogP contribution in [0.5, 0.6) is 0 Å². The quantitative estimate of drug-likeness (QED) is 0.577. The van der Waals surface area contributed by atoms with Gasteiger partial charge in [-0.1, -0.05) is 11.6 Å². The number of nitrogens with one attached hydrogen (secondary N) is 3. The van der Waals surface area contributed by atoms with Gasteiger partial charge in [-0.15, -0.1) is 11.3 Å². The number of pyridine rings is 1. The normalized spacial score (nSPS) is 20.8. The van der Waals surface area contributed by atoms with Gasteiger partial charge in [0, 0.05) is 29.7 Å². The number of aromatic nitrogens is 2. The maximum atomic E-state index is 12.5. The highest BCUT2D eigenvalue weighted by molar-refractivity contribution is 7.09. The molecular weight excluding hydrogens is 454 g/mol. The summed E-state index contributed by atoms with van der Waals surface area (Å²) >= 11 is 7.34. The minimum absolute atomic E-state index is 0.148. The van der Waals surface area contributed by atoms with Crippen LogP contribution in [0, 0.1) is 0 Å². The minimum atomic E-state index is -0.849. The number of nitrogens with zero attached hydrogens (tertiary/aromatic N) is 2. The van der Waals surface area contributed by atoms with Crippen LogP contribution in [-0.4, -0.2) is 45.6 Å². The number of hydrogen-bond donors (Lipinski definition) is 3. The second-order valence-corrected chi connectivity index (χ2v) is 9.89. The fraction of sp³-hybridized carbons (Fsp3) is 0.476. The van der Waals surface area contributed by atoms with Crippen molar-refractivity contribution in [2.75, 3.05) is 5.32 Å². The summed E-state index contributed by atoms with van der Waals surface area (Å²) in [6.07, 6.45) is 4.46. The summed E-state index contributed by atoms with van der Waals surface area (Å²) in [4.78, 5) is 45.6. The van der Waals surface area contributed by atoms with E-state index in [0.29, 0.717) is 17.9 Å². The molecule has 0 unspecified atom stereocenters. The summed E-state index contributed by atoms with van der Waals surface area (Å²) < 4.78 is 5.38. The maximum Gasteiger partial charge on any atom is 0.407 e. The number of amides is 3. The van der Waals surface area contributed by atoms with E-state index < -0.39 is 35.6 Å². The molecule has 0 saturated heterocycles. The van der Waals surface area contributed by atoms with Crippen LogP contribution in [0.15, 0.2) is 29.9 Å².